The predicted octanol–water partition coefficient (Wildman–Crippen LogP) is 3.16. The van der Waals surface area contributed by atoms with Crippen LogP contribution in [0.15, 0.2) is 36.4 Å². The van der Waals surface area contributed by atoms with E-state index in [1.165, 1.54) is 6.07 Å². The minimum absolute atomic E-state index is 0.0184. The molecule has 1 aliphatic heterocycles. The maximum atomic E-state index is 13.9. The molecule has 21 heavy (non-hydrogen) atoms. The molecule has 0 aromatic heterocycles. The van der Waals surface area contributed by atoms with Gasteiger partial charge in [-0.15, -0.1) is 0 Å². The number of carbonyl (C=O) groups is 1. The van der Waals surface area contributed by atoms with E-state index in [1.807, 2.05) is 0 Å². The number of nitrogens with one attached hydrogen (secondary N) is 1. The predicted molar refractivity (Wildman–Crippen MR) is 76.5 cm³/mol. The molecule has 0 aliphatic carbocycles. The first kappa shape index (κ1) is 13.4. The molecule has 1 N–H and O–H groups in total. The fourth-order valence-corrected chi connectivity index (χ4v) is 2.14. The van der Waals surface area contributed by atoms with Gasteiger partial charge in [0.25, 0.3) is 5.91 Å². The maximum Gasteiger partial charge on any atom is 0.258 e. The molecular weight excluding hydrogens is 273 g/mol. The van der Waals surface area contributed by atoms with Crippen LogP contribution in [0.4, 0.5) is 10.1 Å². The van der Waals surface area contributed by atoms with Gasteiger partial charge in [0.1, 0.15) is 19.0 Å². The fourth-order valence-electron chi connectivity index (χ4n) is 2.14. The van der Waals surface area contributed by atoms with Crippen molar-refractivity contribution in [3.63, 3.8) is 0 Å². The highest BCUT2D eigenvalue weighted by atomic mass is 19.1. The van der Waals surface area contributed by atoms with Crippen molar-refractivity contribution in [1.82, 2.24) is 0 Å². The number of aryl methyl sites for hydroxylation is 1. The summed E-state index contributed by atoms with van der Waals surface area (Å²) in [7, 11) is 0. The second kappa shape index (κ2) is 5.44. The van der Waals surface area contributed by atoms with Crippen LogP contribution < -0.4 is 14.8 Å². The zero-order chi connectivity index (χ0) is 14.8. The number of anilines is 1. The van der Waals surface area contributed by atoms with Gasteiger partial charge in [-0.2, -0.15) is 0 Å². The smallest absolute Gasteiger partial charge is 0.258 e. The van der Waals surface area contributed by atoms with Crippen LogP contribution in [0.2, 0.25) is 0 Å². The fraction of sp³-hybridized carbons (Fsp3) is 0.188. The van der Waals surface area contributed by atoms with Gasteiger partial charge in [-0.1, -0.05) is 12.1 Å². The van der Waals surface area contributed by atoms with E-state index in [4.69, 9.17) is 9.47 Å². The van der Waals surface area contributed by atoms with Crippen molar-refractivity contribution in [3.8, 4) is 11.5 Å². The van der Waals surface area contributed by atoms with Crippen molar-refractivity contribution in [2.24, 2.45) is 0 Å². The third-order valence-corrected chi connectivity index (χ3v) is 3.24. The number of benzene rings is 2. The highest BCUT2D eigenvalue weighted by Gasteiger charge is 2.16. The van der Waals surface area contributed by atoms with Gasteiger partial charge < -0.3 is 14.8 Å². The van der Waals surface area contributed by atoms with E-state index in [0.29, 0.717) is 36.0 Å². The number of hydrogen-bond acceptors (Lipinski definition) is 3. The van der Waals surface area contributed by atoms with Crippen LogP contribution >= 0.6 is 0 Å². The van der Waals surface area contributed by atoms with Gasteiger partial charge in [-0.3, -0.25) is 4.79 Å². The van der Waals surface area contributed by atoms with Gasteiger partial charge in [-0.25, -0.2) is 4.39 Å². The van der Waals surface area contributed by atoms with Crippen LogP contribution in [0.5, 0.6) is 11.5 Å². The normalized spacial score (nSPS) is 12.9. The lowest BCUT2D eigenvalue weighted by Gasteiger charge is -2.19. The summed E-state index contributed by atoms with van der Waals surface area (Å²) in [4.78, 5) is 12.1. The van der Waals surface area contributed by atoms with Gasteiger partial charge in [0, 0.05) is 11.8 Å². The highest BCUT2D eigenvalue weighted by molar-refractivity contribution is 6.04. The maximum absolute atomic E-state index is 13.9. The third-order valence-electron chi connectivity index (χ3n) is 3.24. The average Bonchev–Trinajstić information content (AvgIpc) is 2.50. The molecule has 1 heterocycles. The van der Waals surface area contributed by atoms with Gasteiger partial charge >= 0.3 is 0 Å². The quantitative estimate of drug-likeness (QED) is 0.923. The van der Waals surface area contributed by atoms with Crippen molar-refractivity contribution in [2.75, 3.05) is 18.5 Å². The Balaban J connectivity index is 1.83. The number of hydrogen-bond donors (Lipinski definition) is 1. The van der Waals surface area contributed by atoms with Crippen LogP contribution in [-0.4, -0.2) is 19.1 Å². The first-order chi connectivity index (χ1) is 10.1. The Morgan fingerprint density at radius 2 is 1.90 bits per heavy atom. The van der Waals surface area contributed by atoms with E-state index in [2.05, 4.69) is 5.32 Å². The second-order valence-corrected chi connectivity index (χ2v) is 4.75. The first-order valence-corrected chi connectivity index (χ1v) is 6.61. The molecule has 0 fully saturated rings. The summed E-state index contributed by atoms with van der Waals surface area (Å²) in [6, 6.07) is 9.80. The summed E-state index contributed by atoms with van der Waals surface area (Å²) >= 11 is 0. The summed E-state index contributed by atoms with van der Waals surface area (Å²) in [5.41, 5.74) is 0.986. The Kier molecular flexibility index (Phi) is 3.48. The van der Waals surface area contributed by atoms with Gasteiger partial charge in [0.05, 0.1) is 5.56 Å². The van der Waals surface area contributed by atoms with Crippen LogP contribution in [0.1, 0.15) is 15.9 Å². The summed E-state index contributed by atoms with van der Waals surface area (Å²) in [5, 5.41) is 2.66. The summed E-state index contributed by atoms with van der Waals surface area (Å²) in [6.45, 7) is 2.60. The lowest BCUT2D eigenvalue weighted by Crippen LogP contribution is -2.17. The number of ether oxygens (including phenoxy) is 2. The van der Waals surface area contributed by atoms with E-state index in [0.717, 1.165) is 0 Å². The zero-order valence-electron chi connectivity index (χ0n) is 11.5. The molecule has 2 aromatic carbocycles. The molecule has 5 heteroatoms. The SMILES string of the molecule is Cc1cccc(C(=O)Nc2ccc3c(c2)OCCO3)c1F. The Morgan fingerprint density at radius 3 is 2.71 bits per heavy atom. The van der Waals surface area contributed by atoms with Crippen LogP contribution in [0, 0.1) is 12.7 Å². The molecule has 0 atom stereocenters. The number of halogens is 1. The molecule has 0 bridgehead atoms. The van der Waals surface area contributed by atoms with Crippen molar-refractivity contribution in [2.45, 2.75) is 6.92 Å². The first-order valence-electron chi connectivity index (χ1n) is 6.61. The molecule has 4 nitrogen and oxygen atoms in total. The molecular formula is C16H14FNO3. The molecule has 0 spiro atoms. The van der Waals surface area contributed by atoms with Gasteiger partial charge in [-0.05, 0) is 30.7 Å². The summed E-state index contributed by atoms with van der Waals surface area (Å²) in [5.74, 6) is 0.213. The van der Waals surface area contributed by atoms with Gasteiger partial charge in [0.2, 0.25) is 0 Å². The van der Waals surface area contributed by atoms with Crippen LogP contribution in [-0.2, 0) is 0 Å². The Labute approximate surface area is 121 Å². The van der Waals surface area contributed by atoms with Crippen molar-refractivity contribution < 1.29 is 18.7 Å². The number of fused-ring (bicyclic) bond motifs is 1. The monoisotopic (exact) mass is 287 g/mol. The molecule has 108 valence electrons. The number of amides is 1. The molecule has 0 radical (unpaired) electrons. The lowest BCUT2D eigenvalue weighted by molar-refractivity contribution is 0.102. The van der Waals surface area contributed by atoms with E-state index in [9.17, 15) is 9.18 Å². The van der Waals surface area contributed by atoms with Crippen molar-refractivity contribution in [3.05, 3.63) is 53.3 Å². The van der Waals surface area contributed by atoms with E-state index in [-0.39, 0.29) is 5.56 Å². The number of carbonyl (C=O) groups excluding carboxylic acids is 1. The topological polar surface area (TPSA) is 47.6 Å². The lowest BCUT2D eigenvalue weighted by atomic mass is 10.1. The highest BCUT2D eigenvalue weighted by Crippen LogP contribution is 2.32. The number of rotatable bonds is 2. The second-order valence-electron chi connectivity index (χ2n) is 4.75. The van der Waals surface area contributed by atoms with Gasteiger partial charge in [0.15, 0.2) is 11.5 Å². The largest absolute Gasteiger partial charge is 0.486 e. The minimum atomic E-state index is -0.507. The van der Waals surface area contributed by atoms with Crippen molar-refractivity contribution >= 4 is 11.6 Å². The Bertz CT molecular complexity index is 700. The van der Waals surface area contributed by atoms with E-state index in [1.54, 1.807) is 37.3 Å². The third kappa shape index (κ3) is 2.67. The standard InChI is InChI=1S/C16H14FNO3/c1-10-3-2-4-12(15(10)17)16(19)18-11-5-6-13-14(9-11)21-8-7-20-13/h2-6,9H,7-8H2,1H3,(H,18,19). The molecule has 0 saturated carbocycles. The summed E-state index contributed by atoms with van der Waals surface area (Å²) in [6.07, 6.45) is 0. The van der Waals surface area contributed by atoms with Crippen molar-refractivity contribution in [1.29, 1.82) is 0 Å². The molecule has 3 rings (SSSR count). The van der Waals surface area contributed by atoms with E-state index >= 15 is 0 Å². The zero-order valence-corrected chi connectivity index (χ0v) is 11.5. The average molecular weight is 287 g/mol. The van der Waals surface area contributed by atoms with Crippen LogP contribution in [0.25, 0.3) is 0 Å². The molecule has 1 aliphatic rings. The molecule has 0 unspecified atom stereocenters. The van der Waals surface area contributed by atoms with E-state index < -0.39 is 11.7 Å². The molecule has 1 amide bonds. The molecule has 0 saturated heterocycles. The minimum Gasteiger partial charge on any atom is -0.486 e. The van der Waals surface area contributed by atoms with Crippen LogP contribution in [0.3, 0.4) is 0 Å². The molecule has 2 aromatic rings. The Hall–Kier alpha value is -2.56. The Morgan fingerprint density at radius 1 is 1.14 bits per heavy atom. The summed E-state index contributed by atoms with van der Waals surface area (Å²) < 4.78 is 24.8.